The molecule has 22 heavy (non-hydrogen) atoms. The number of aromatic nitrogens is 4. The van der Waals surface area contributed by atoms with E-state index in [-0.39, 0.29) is 0 Å². The Labute approximate surface area is 128 Å². The summed E-state index contributed by atoms with van der Waals surface area (Å²) < 4.78 is 7.25. The highest BCUT2D eigenvalue weighted by atomic mass is 16.5. The van der Waals surface area contributed by atoms with Gasteiger partial charge in [-0.1, -0.05) is 5.92 Å². The summed E-state index contributed by atoms with van der Waals surface area (Å²) in [6.07, 6.45) is 2.39. The number of fused-ring (bicyclic) bond motifs is 3. The fourth-order valence-corrected chi connectivity index (χ4v) is 2.66. The minimum absolute atomic E-state index is 0.532. The lowest BCUT2D eigenvalue weighted by molar-refractivity contribution is 0.399. The van der Waals surface area contributed by atoms with Crippen molar-refractivity contribution in [3.05, 3.63) is 29.3 Å². The van der Waals surface area contributed by atoms with Crippen molar-refractivity contribution in [2.24, 2.45) is 5.92 Å². The predicted molar refractivity (Wildman–Crippen MR) is 83.9 cm³/mol. The minimum Gasteiger partial charge on any atom is -0.481 e. The Kier molecular flexibility index (Phi) is 2.80. The van der Waals surface area contributed by atoms with Crippen molar-refractivity contribution in [1.82, 2.24) is 19.4 Å². The number of imidazole rings is 1. The van der Waals surface area contributed by atoms with E-state index in [2.05, 4.69) is 26.8 Å². The highest BCUT2D eigenvalue weighted by Crippen LogP contribution is 2.28. The summed E-state index contributed by atoms with van der Waals surface area (Å²) in [5.74, 6) is 8.32. The molecule has 3 aromatic rings. The maximum absolute atomic E-state index is 5.25. The van der Waals surface area contributed by atoms with E-state index in [0.717, 1.165) is 33.9 Å². The number of hydrogen-bond acceptors (Lipinski definition) is 4. The minimum atomic E-state index is 0.532. The van der Waals surface area contributed by atoms with Crippen LogP contribution in [-0.2, 0) is 0 Å². The van der Waals surface area contributed by atoms with Crippen molar-refractivity contribution >= 4 is 16.7 Å². The zero-order valence-corrected chi connectivity index (χ0v) is 12.8. The fraction of sp³-hybridized carbons (Fsp3) is 0.353. The molecule has 0 atom stereocenters. The lowest BCUT2D eigenvalue weighted by atomic mass is 10.3. The molecule has 1 aliphatic carbocycles. The van der Waals surface area contributed by atoms with Crippen molar-refractivity contribution in [3.8, 4) is 17.7 Å². The molecule has 110 valence electrons. The molecule has 0 aromatic carbocycles. The molecule has 1 aliphatic rings. The average molecular weight is 292 g/mol. The van der Waals surface area contributed by atoms with Gasteiger partial charge in [-0.25, -0.2) is 9.97 Å². The SMILES string of the molecule is COc1ccc2nc(C)c3c(C)nc(C#CC4CC4)n3c2n1. The summed E-state index contributed by atoms with van der Waals surface area (Å²) in [4.78, 5) is 13.8. The second-order valence-corrected chi connectivity index (χ2v) is 5.64. The van der Waals surface area contributed by atoms with Crippen molar-refractivity contribution in [2.75, 3.05) is 7.11 Å². The highest BCUT2D eigenvalue weighted by molar-refractivity contribution is 5.78. The Hall–Kier alpha value is -2.61. The van der Waals surface area contributed by atoms with Crippen LogP contribution in [0, 0.1) is 31.6 Å². The number of methoxy groups -OCH3 is 1. The third-order valence-electron chi connectivity index (χ3n) is 3.90. The van der Waals surface area contributed by atoms with Crippen molar-refractivity contribution < 1.29 is 4.74 Å². The van der Waals surface area contributed by atoms with Crippen LogP contribution >= 0.6 is 0 Å². The first kappa shape index (κ1) is 13.1. The summed E-state index contributed by atoms with van der Waals surface area (Å²) in [7, 11) is 1.61. The third-order valence-corrected chi connectivity index (χ3v) is 3.90. The van der Waals surface area contributed by atoms with Crippen LogP contribution in [0.15, 0.2) is 12.1 Å². The molecule has 5 nitrogen and oxygen atoms in total. The normalized spacial score (nSPS) is 14.1. The fourth-order valence-electron chi connectivity index (χ4n) is 2.66. The first-order chi connectivity index (χ1) is 10.7. The Morgan fingerprint density at radius 1 is 1.14 bits per heavy atom. The van der Waals surface area contributed by atoms with E-state index in [9.17, 15) is 0 Å². The zero-order valence-electron chi connectivity index (χ0n) is 12.8. The highest BCUT2D eigenvalue weighted by Gasteiger charge is 2.19. The molecule has 0 amide bonds. The van der Waals surface area contributed by atoms with Gasteiger partial charge in [-0.15, -0.1) is 0 Å². The van der Waals surface area contributed by atoms with E-state index in [4.69, 9.17) is 4.74 Å². The van der Waals surface area contributed by atoms with Crippen molar-refractivity contribution in [2.45, 2.75) is 26.7 Å². The Morgan fingerprint density at radius 2 is 1.91 bits per heavy atom. The van der Waals surface area contributed by atoms with Gasteiger partial charge in [-0.05, 0) is 38.7 Å². The number of aryl methyl sites for hydroxylation is 2. The second kappa shape index (κ2) is 4.70. The van der Waals surface area contributed by atoms with Crippen LogP contribution in [0.4, 0.5) is 0 Å². The van der Waals surface area contributed by atoms with Gasteiger partial charge in [0.05, 0.1) is 24.0 Å². The molecule has 4 rings (SSSR count). The monoisotopic (exact) mass is 292 g/mol. The van der Waals surface area contributed by atoms with Gasteiger partial charge in [0.2, 0.25) is 5.88 Å². The van der Waals surface area contributed by atoms with Gasteiger partial charge in [0, 0.05) is 12.0 Å². The summed E-state index contributed by atoms with van der Waals surface area (Å²) in [5, 5.41) is 0. The lowest BCUT2D eigenvalue weighted by Crippen LogP contribution is -2.01. The molecule has 0 radical (unpaired) electrons. The zero-order chi connectivity index (χ0) is 15.3. The van der Waals surface area contributed by atoms with E-state index in [1.165, 1.54) is 12.8 Å². The molecule has 0 unspecified atom stereocenters. The quantitative estimate of drug-likeness (QED) is 0.647. The summed E-state index contributed by atoms with van der Waals surface area (Å²) >= 11 is 0. The summed E-state index contributed by atoms with van der Waals surface area (Å²) in [5.41, 5.74) is 4.40. The standard InChI is InChI=1S/C17H16N4O/c1-10-16-11(2)19-14(8-6-12-4-5-12)21(16)17-13(18-10)7-9-15(20-17)22-3/h7,9,12H,4-5H2,1-3H3. The Morgan fingerprint density at radius 3 is 2.64 bits per heavy atom. The van der Waals surface area contributed by atoms with Gasteiger partial charge in [-0.2, -0.15) is 4.98 Å². The molecule has 3 heterocycles. The van der Waals surface area contributed by atoms with Crippen LogP contribution in [0.5, 0.6) is 5.88 Å². The second-order valence-electron chi connectivity index (χ2n) is 5.64. The van der Waals surface area contributed by atoms with E-state index in [1.54, 1.807) is 7.11 Å². The first-order valence-corrected chi connectivity index (χ1v) is 7.39. The maximum atomic E-state index is 5.25. The number of pyridine rings is 1. The molecule has 0 saturated heterocycles. The average Bonchev–Trinajstić information content (AvgIpc) is 3.28. The van der Waals surface area contributed by atoms with Gasteiger partial charge >= 0.3 is 0 Å². The number of nitrogens with zero attached hydrogens (tertiary/aromatic N) is 4. The van der Waals surface area contributed by atoms with Gasteiger partial charge in [0.15, 0.2) is 11.5 Å². The molecule has 1 fully saturated rings. The Bertz CT molecular complexity index is 958. The van der Waals surface area contributed by atoms with Gasteiger partial charge < -0.3 is 4.74 Å². The van der Waals surface area contributed by atoms with Crippen molar-refractivity contribution in [1.29, 1.82) is 0 Å². The first-order valence-electron chi connectivity index (χ1n) is 7.39. The Balaban J connectivity index is 2.09. The lowest BCUT2D eigenvalue weighted by Gasteiger charge is -2.07. The van der Waals surface area contributed by atoms with Gasteiger partial charge in [0.1, 0.15) is 5.52 Å². The van der Waals surface area contributed by atoms with Crippen LogP contribution in [-0.4, -0.2) is 26.5 Å². The maximum Gasteiger partial charge on any atom is 0.215 e. The molecular formula is C17H16N4O. The number of hydrogen-bond donors (Lipinski definition) is 0. The molecule has 1 saturated carbocycles. The predicted octanol–water partition coefficient (Wildman–Crippen LogP) is 2.66. The van der Waals surface area contributed by atoms with E-state index >= 15 is 0 Å². The number of ether oxygens (including phenoxy) is 1. The third kappa shape index (κ3) is 2.00. The van der Waals surface area contributed by atoms with Crippen molar-refractivity contribution in [3.63, 3.8) is 0 Å². The molecule has 5 heteroatoms. The smallest absolute Gasteiger partial charge is 0.215 e. The van der Waals surface area contributed by atoms with Gasteiger partial charge in [-0.3, -0.25) is 4.40 Å². The summed E-state index contributed by atoms with van der Waals surface area (Å²) in [6, 6.07) is 3.74. The summed E-state index contributed by atoms with van der Waals surface area (Å²) in [6.45, 7) is 3.98. The molecular weight excluding hydrogens is 276 g/mol. The van der Waals surface area contributed by atoms with Gasteiger partial charge in [0.25, 0.3) is 0 Å². The van der Waals surface area contributed by atoms with Crippen LogP contribution in [0.2, 0.25) is 0 Å². The largest absolute Gasteiger partial charge is 0.481 e. The number of rotatable bonds is 1. The molecule has 3 aromatic heterocycles. The molecule has 0 spiro atoms. The van der Waals surface area contributed by atoms with E-state index in [1.807, 2.05) is 30.4 Å². The van der Waals surface area contributed by atoms with Crippen LogP contribution in [0.3, 0.4) is 0 Å². The molecule has 0 bridgehead atoms. The molecule has 0 aliphatic heterocycles. The van der Waals surface area contributed by atoms with E-state index in [0.29, 0.717) is 11.8 Å². The van der Waals surface area contributed by atoms with Crippen LogP contribution in [0.25, 0.3) is 16.7 Å². The molecule has 0 N–H and O–H groups in total. The topological polar surface area (TPSA) is 52.3 Å². The van der Waals surface area contributed by atoms with Crippen LogP contribution in [0.1, 0.15) is 30.1 Å². The van der Waals surface area contributed by atoms with E-state index < -0.39 is 0 Å². The van der Waals surface area contributed by atoms with Crippen LogP contribution < -0.4 is 4.74 Å².